The van der Waals surface area contributed by atoms with E-state index in [9.17, 15) is 14.0 Å². The van der Waals surface area contributed by atoms with E-state index < -0.39 is 11.9 Å². The van der Waals surface area contributed by atoms with Gasteiger partial charge in [0.05, 0.1) is 11.7 Å². The second-order valence-electron chi connectivity index (χ2n) is 5.48. The molecule has 0 radical (unpaired) electrons. The minimum absolute atomic E-state index is 0.184. The first-order chi connectivity index (χ1) is 10.6. The number of rotatable bonds is 7. The number of nitrogens with one attached hydrogen (secondary N) is 2. The summed E-state index contributed by atoms with van der Waals surface area (Å²) in [6.07, 6.45) is 2.38. The third-order valence-corrected chi connectivity index (χ3v) is 3.75. The highest BCUT2D eigenvalue weighted by atomic mass is 19.1. The first-order valence-electron chi connectivity index (χ1n) is 7.64. The highest BCUT2D eigenvalue weighted by Crippen LogP contribution is 2.12. The average molecular weight is 307 g/mol. The van der Waals surface area contributed by atoms with Crippen LogP contribution in [0.4, 0.5) is 10.1 Å². The third kappa shape index (κ3) is 4.53. The zero-order valence-corrected chi connectivity index (χ0v) is 12.8. The molecule has 1 heterocycles. The lowest BCUT2D eigenvalue weighted by atomic mass is 10.2. The van der Waals surface area contributed by atoms with Gasteiger partial charge in [-0.25, -0.2) is 4.39 Å². The van der Waals surface area contributed by atoms with Crippen LogP contribution in [0.5, 0.6) is 0 Å². The van der Waals surface area contributed by atoms with E-state index in [1.807, 2.05) is 4.90 Å². The summed E-state index contributed by atoms with van der Waals surface area (Å²) < 4.78 is 13.5. The minimum Gasteiger partial charge on any atom is -0.343 e. The molecule has 1 aromatic rings. The van der Waals surface area contributed by atoms with Crippen LogP contribution in [0.25, 0.3) is 0 Å². The number of anilines is 1. The summed E-state index contributed by atoms with van der Waals surface area (Å²) in [7, 11) is 0. The van der Waals surface area contributed by atoms with Gasteiger partial charge in [-0.05, 0) is 38.4 Å². The average Bonchev–Trinajstić information content (AvgIpc) is 2.91. The summed E-state index contributed by atoms with van der Waals surface area (Å²) >= 11 is 0. The summed E-state index contributed by atoms with van der Waals surface area (Å²) in [6.45, 7) is 3.92. The Morgan fingerprint density at radius 1 is 1.41 bits per heavy atom. The molecule has 6 heteroatoms. The van der Waals surface area contributed by atoms with Gasteiger partial charge in [0.15, 0.2) is 0 Å². The molecule has 1 saturated heterocycles. The van der Waals surface area contributed by atoms with Crippen molar-refractivity contribution in [2.24, 2.45) is 0 Å². The molecule has 2 amide bonds. The second-order valence-corrected chi connectivity index (χ2v) is 5.48. The maximum absolute atomic E-state index is 13.5. The molecule has 1 aliphatic heterocycles. The van der Waals surface area contributed by atoms with Gasteiger partial charge in [-0.3, -0.25) is 9.59 Å². The van der Waals surface area contributed by atoms with Crippen LogP contribution in [0.1, 0.15) is 26.2 Å². The van der Waals surface area contributed by atoms with Crippen LogP contribution in [-0.2, 0) is 9.59 Å². The van der Waals surface area contributed by atoms with Gasteiger partial charge in [0, 0.05) is 19.5 Å². The SMILES string of the molecule is CC(NCCCN1CCCC1=O)C(=O)Nc1ccccc1F. The second kappa shape index (κ2) is 7.89. The highest BCUT2D eigenvalue weighted by molar-refractivity contribution is 5.94. The van der Waals surface area contributed by atoms with Crippen molar-refractivity contribution in [2.45, 2.75) is 32.2 Å². The standard InChI is InChI=1S/C16H22FN3O2/c1-12(16(22)19-14-7-3-2-6-13(14)17)18-9-5-11-20-10-4-8-15(20)21/h2-3,6-7,12,18H,4-5,8-11H2,1H3,(H,19,22). The van der Waals surface area contributed by atoms with Crippen LogP contribution >= 0.6 is 0 Å². The van der Waals surface area contributed by atoms with Crippen molar-refractivity contribution in [1.82, 2.24) is 10.2 Å². The Balaban J connectivity index is 1.68. The Kier molecular flexibility index (Phi) is 5.89. The van der Waals surface area contributed by atoms with E-state index in [4.69, 9.17) is 0 Å². The van der Waals surface area contributed by atoms with E-state index in [1.165, 1.54) is 12.1 Å². The Morgan fingerprint density at radius 2 is 2.18 bits per heavy atom. The van der Waals surface area contributed by atoms with Crippen LogP contribution < -0.4 is 10.6 Å². The van der Waals surface area contributed by atoms with Gasteiger partial charge in [0.2, 0.25) is 11.8 Å². The monoisotopic (exact) mass is 307 g/mol. The van der Waals surface area contributed by atoms with Gasteiger partial charge in [-0.2, -0.15) is 0 Å². The fourth-order valence-electron chi connectivity index (χ4n) is 2.43. The molecule has 1 aliphatic rings. The van der Waals surface area contributed by atoms with E-state index >= 15 is 0 Å². The van der Waals surface area contributed by atoms with Crippen LogP contribution in [0, 0.1) is 5.82 Å². The van der Waals surface area contributed by atoms with Crippen molar-refractivity contribution in [2.75, 3.05) is 25.0 Å². The van der Waals surface area contributed by atoms with E-state index in [0.717, 1.165) is 19.4 Å². The lowest BCUT2D eigenvalue weighted by Crippen LogP contribution is -2.39. The first kappa shape index (κ1) is 16.4. The minimum atomic E-state index is -0.449. The predicted molar refractivity (Wildman–Crippen MR) is 82.9 cm³/mol. The lowest BCUT2D eigenvalue weighted by molar-refractivity contribution is -0.127. The maximum atomic E-state index is 13.5. The molecule has 0 bridgehead atoms. The normalized spacial score (nSPS) is 15.9. The predicted octanol–water partition coefficient (Wildman–Crippen LogP) is 1.75. The number of hydrogen-bond donors (Lipinski definition) is 2. The molecular formula is C16H22FN3O2. The Bertz CT molecular complexity index is 536. The molecule has 0 aliphatic carbocycles. The van der Waals surface area contributed by atoms with Gasteiger partial charge in [0.25, 0.3) is 0 Å². The molecule has 0 spiro atoms. The first-order valence-corrected chi connectivity index (χ1v) is 7.64. The molecule has 1 unspecified atom stereocenters. The van der Waals surface area contributed by atoms with Gasteiger partial charge < -0.3 is 15.5 Å². The summed E-state index contributed by atoms with van der Waals surface area (Å²) in [6, 6.07) is 5.66. The van der Waals surface area contributed by atoms with E-state index in [-0.39, 0.29) is 17.5 Å². The highest BCUT2D eigenvalue weighted by Gasteiger charge is 2.19. The molecule has 120 valence electrons. The van der Waals surface area contributed by atoms with E-state index in [0.29, 0.717) is 19.5 Å². The number of hydrogen-bond acceptors (Lipinski definition) is 3. The third-order valence-electron chi connectivity index (χ3n) is 3.75. The summed E-state index contributed by atoms with van der Waals surface area (Å²) in [4.78, 5) is 25.3. The Morgan fingerprint density at radius 3 is 2.86 bits per heavy atom. The van der Waals surface area contributed by atoms with Crippen molar-refractivity contribution in [3.05, 3.63) is 30.1 Å². The van der Waals surface area contributed by atoms with Gasteiger partial charge in [-0.1, -0.05) is 12.1 Å². The zero-order chi connectivity index (χ0) is 15.9. The van der Waals surface area contributed by atoms with Crippen LogP contribution in [0.15, 0.2) is 24.3 Å². The molecule has 1 atom stereocenters. The van der Waals surface area contributed by atoms with Gasteiger partial charge >= 0.3 is 0 Å². The number of para-hydroxylation sites is 1. The molecule has 5 nitrogen and oxygen atoms in total. The van der Waals surface area contributed by atoms with Gasteiger partial charge in [-0.15, -0.1) is 0 Å². The van der Waals surface area contributed by atoms with E-state index in [2.05, 4.69) is 10.6 Å². The van der Waals surface area contributed by atoms with Crippen LogP contribution in [0.2, 0.25) is 0 Å². The summed E-state index contributed by atoms with van der Waals surface area (Å²) in [5.74, 6) is -0.511. The van der Waals surface area contributed by atoms with Crippen LogP contribution in [-0.4, -0.2) is 42.4 Å². The quantitative estimate of drug-likeness (QED) is 0.755. The lowest BCUT2D eigenvalue weighted by Gasteiger charge is -2.17. The Labute approximate surface area is 129 Å². The number of halogens is 1. The van der Waals surface area contributed by atoms with Crippen molar-refractivity contribution in [1.29, 1.82) is 0 Å². The number of likely N-dealkylation sites (tertiary alicyclic amines) is 1. The summed E-state index contributed by atoms with van der Waals surface area (Å²) in [5.41, 5.74) is 0.184. The fourth-order valence-corrected chi connectivity index (χ4v) is 2.43. The number of amides is 2. The Hall–Kier alpha value is -1.95. The molecule has 1 fully saturated rings. The molecule has 0 aromatic heterocycles. The zero-order valence-electron chi connectivity index (χ0n) is 12.8. The molecular weight excluding hydrogens is 285 g/mol. The number of carbonyl (C=O) groups excluding carboxylic acids is 2. The largest absolute Gasteiger partial charge is 0.343 e. The van der Waals surface area contributed by atoms with E-state index in [1.54, 1.807) is 19.1 Å². The van der Waals surface area contributed by atoms with Crippen molar-refractivity contribution >= 4 is 17.5 Å². The van der Waals surface area contributed by atoms with Gasteiger partial charge in [0.1, 0.15) is 5.82 Å². The fraction of sp³-hybridized carbons (Fsp3) is 0.500. The topological polar surface area (TPSA) is 61.4 Å². The van der Waals surface area contributed by atoms with Crippen molar-refractivity contribution < 1.29 is 14.0 Å². The maximum Gasteiger partial charge on any atom is 0.241 e. The smallest absolute Gasteiger partial charge is 0.241 e. The molecule has 0 saturated carbocycles. The molecule has 1 aromatic carbocycles. The van der Waals surface area contributed by atoms with Crippen LogP contribution in [0.3, 0.4) is 0 Å². The molecule has 22 heavy (non-hydrogen) atoms. The van der Waals surface area contributed by atoms with Crippen molar-refractivity contribution in [3.63, 3.8) is 0 Å². The van der Waals surface area contributed by atoms with Crippen molar-refractivity contribution in [3.8, 4) is 0 Å². The molecule has 2 rings (SSSR count). The number of carbonyl (C=O) groups is 2. The number of nitrogens with zero attached hydrogens (tertiary/aromatic N) is 1. The summed E-state index contributed by atoms with van der Waals surface area (Å²) in [5, 5.41) is 5.65. The number of benzene rings is 1. The molecule has 2 N–H and O–H groups in total.